The first-order chi connectivity index (χ1) is 12.5. The second-order valence-electron chi connectivity index (χ2n) is 5.74. The molecule has 1 N–H and O–H groups in total. The maximum absolute atomic E-state index is 13.5. The zero-order valence-electron chi connectivity index (χ0n) is 13.8. The Kier molecular flexibility index (Phi) is 5.47. The standard InChI is InChI=1S/C17H17FN2O6/c18-13-3-1-2-4-15(13)25-10-12-7-14(19-26-12)17(23)20-5-6-24-11(9-20)8-16(21)22/h1-4,7,11H,5-6,8-10H2,(H,21,22). The van der Waals surface area contributed by atoms with Crippen LogP contribution < -0.4 is 4.74 Å². The fourth-order valence-electron chi connectivity index (χ4n) is 2.58. The number of carbonyl (C=O) groups excluding carboxylic acids is 1. The Hall–Kier alpha value is -2.94. The van der Waals surface area contributed by atoms with E-state index in [1.54, 1.807) is 12.1 Å². The van der Waals surface area contributed by atoms with Crippen LogP contribution in [0.15, 0.2) is 34.9 Å². The molecule has 0 bridgehead atoms. The van der Waals surface area contributed by atoms with Gasteiger partial charge in [-0.1, -0.05) is 17.3 Å². The van der Waals surface area contributed by atoms with Crippen molar-refractivity contribution >= 4 is 11.9 Å². The van der Waals surface area contributed by atoms with E-state index in [1.807, 2.05) is 0 Å². The van der Waals surface area contributed by atoms with Gasteiger partial charge in [0.2, 0.25) is 0 Å². The second kappa shape index (κ2) is 7.96. The minimum absolute atomic E-state index is 0.0708. The summed E-state index contributed by atoms with van der Waals surface area (Å²) in [5.74, 6) is -1.53. The average Bonchev–Trinajstić information content (AvgIpc) is 3.09. The number of para-hydroxylation sites is 1. The van der Waals surface area contributed by atoms with Gasteiger partial charge in [0.1, 0.15) is 6.61 Å². The molecule has 138 valence electrons. The van der Waals surface area contributed by atoms with Crippen molar-refractivity contribution in [2.45, 2.75) is 19.1 Å². The summed E-state index contributed by atoms with van der Waals surface area (Å²) >= 11 is 0. The van der Waals surface area contributed by atoms with Crippen LogP contribution in [0.25, 0.3) is 0 Å². The molecular weight excluding hydrogens is 347 g/mol. The molecular formula is C17H17FN2O6. The third-order valence-corrected chi connectivity index (χ3v) is 3.81. The molecule has 1 aliphatic heterocycles. The largest absolute Gasteiger partial charge is 0.482 e. The van der Waals surface area contributed by atoms with Gasteiger partial charge in [-0.3, -0.25) is 9.59 Å². The highest BCUT2D eigenvalue weighted by Gasteiger charge is 2.28. The van der Waals surface area contributed by atoms with Gasteiger partial charge in [0.25, 0.3) is 5.91 Å². The number of carboxylic acid groups (broad SMARTS) is 1. The van der Waals surface area contributed by atoms with E-state index in [4.69, 9.17) is 19.1 Å². The molecule has 1 amide bonds. The van der Waals surface area contributed by atoms with Crippen LogP contribution in [0.3, 0.4) is 0 Å². The number of carbonyl (C=O) groups is 2. The number of aromatic nitrogens is 1. The van der Waals surface area contributed by atoms with Gasteiger partial charge >= 0.3 is 5.97 Å². The molecule has 8 nitrogen and oxygen atoms in total. The molecule has 1 aliphatic rings. The van der Waals surface area contributed by atoms with Crippen molar-refractivity contribution in [1.29, 1.82) is 0 Å². The van der Waals surface area contributed by atoms with Gasteiger partial charge < -0.3 is 24.0 Å². The number of hydrogen-bond donors (Lipinski definition) is 1. The first-order valence-electron chi connectivity index (χ1n) is 7.98. The van der Waals surface area contributed by atoms with Crippen LogP contribution in [0.4, 0.5) is 4.39 Å². The molecule has 0 saturated carbocycles. The maximum Gasteiger partial charge on any atom is 0.306 e. The number of hydrogen-bond acceptors (Lipinski definition) is 6. The first kappa shape index (κ1) is 17.9. The Balaban J connectivity index is 1.59. The van der Waals surface area contributed by atoms with Crippen LogP contribution in [0.5, 0.6) is 5.75 Å². The van der Waals surface area contributed by atoms with E-state index in [9.17, 15) is 14.0 Å². The van der Waals surface area contributed by atoms with Crippen LogP contribution >= 0.6 is 0 Å². The summed E-state index contributed by atoms with van der Waals surface area (Å²) in [4.78, 5) is 24.7. The molecule has 3 rings (SSSR count). The van der Waals surface area contributed by atoms with Gasteiger partial charge in [0.15, 0.2) is 23.0 Å². The van der Waals surface area contributed by atoms with Gasteiger partial charge in [-0.05, 0) is 12.1 Å². The molecule has 1 fully saturated rings. The molecule has 0 aliphatic carbocycles. The number of rotatable bonds is 6. The molecule has 1 aromatic heterocycles. The van der Waals surface area contributed by atoms with Gasteiger partial charge in [-0.2, -0.15) is 0 Å². The molecule has 0 spiro atoms. The molecule has 26 heavy (non-hydrogen) atoms. The molecule has 1 aromatic carbocycles. The Bertz CT molecular complexity index is 793. The third kappa shape index (κ3) is 4.37. The van der Waals surface area contributed by atoms with E-state index in [-0.39, 0.29) is 49.3 Å². The van der Waals surface area contributed by atoms with Gasteiger partial charge in [-0.15, -0.1) is 0 Å². The van der Waals surface area contributed by atoms with E-state index in [0.717, 1.165) is 0 Å². The van der Waals surface area contributed by atoms with Gasteiger partial charge in [-0.25, -0.2) is 4.39 Å². The van der Waals surface area contributed by atoms with Crippen LogP contribution in [0.2, 0.25) is 0 Å². The molecule has 1 atom stereocenters. The van der Waals surface area contributed by atoms with Gasteiger partial charge in [0.05, 0.1) is 19.1 Å². The minimum Gasteiger partial charge on any atom is -0.482 e. The van der Waals surface area contributed by atoms with Crippen molar-refractivity contribution in [3.8, 4) is 5.75 Å². The van der Waals surface area contributed by atoms with Crippen molar-refractivity contribution in [2.24, 2.45) is 0 Å². The predicted octanol–water partition coefficient (Wildman–Crippen LogP) is 1.71. The van der Waals surface area contributed by atoms with E-state index in [0.29, 0.717) is 6.54 Å². The monoisotopic (exact) mass is 364 g/mol. The highest BCUT2D eigenvalue weighted by molar-refractivity contribution is 5.92. The summed E-state index contributed by atoms with van der Waals surface area (Å²) in [6, 6.07) is 7.36. The Morgan fingerprint density at radius 1 is 1.38 bits per heavy atom. The van der Waals surface area contributed by atoms with Crippen molar-refractivity contribution < 1.29 is 33.1 Å². The smallest absolute Gasteiger partial charge is 0.306 e. The highest BCUT2D eigenvalue weighted by atomic mass is 19.1. The fraction of sp³-hybridized carbons (Fsp3) is 0.353. The Labute approximate surface area is 148 Å². The summed E-state index contributed by atoms with van der Waals surface area (Å²) < 4.78 is 29.2. The quantitative estimate of drug-likeness (QED) is 0.832. The molecule has 2 heterocycles. The Morgan fingerprint density at radius 2 is 2.19 bits per heavy atom. The molecule has 0 radical (unpaired) electrons. The van der Waals surface area contributed by atoms with Crippen LogP contribution in [0.1, 0.15) is 22.7 Å². The third-order valence-electron chi connectivity index (χ3n) is 3.81. The summed E-state index contributed by atoms with van der Waals surface area (Å²) in [5.41, 5.74) is 0.0770. The maximum atomic E-state index is 13.5. The van der Waals surface area contributed by atoms with E-state index >= 15 is 0 Å². The van der Waals surface area contributed by atoms with E-state index in [1.165, 1.54) is 23.1 Å². The van der Waals surface area contributed by atoms with Crippen molar-refractivity contribution in [3.05, 3.63) is 47.6 Å². The number of halogens is 1. The van der Waals surface area contributed by atoms with Crippen LogP contribution in [-0.2, 0) is 16.1 Å². The SMILES string of the molecule is O=C(O)CC1CN(C(=O)c2cc(COc3ccccc3F)on2)CCO1. The summed E-state index contributed by atoms with van der Waals surface area (Å²) in [6.45, 7) is 0.679. The lowest BCUT2D eigenvalue weighted by Gasteiger charge is -2.31. The summed E-state index contributed by atoms with van der Waals surface area (Å²) in [5, 5.41) is 12.5. The number of ether oxygens (including phenoxy) is 2. The molecule has 2 aromatic rings. The molecule has 9 heteroatoms. The van der Waals surface area contributed by atoms with Crippen molar-refractivity contribution in [3.63, 3.8) is 0 Å². The Morgan fingerprint density at radius 3 is 2.96 bits per heavy atom. The van der Waals surface area contributed by atoms with Crippen molar-refractivity contribution in [2.75, 3.05) is 19.7 Å². The highest BCUT2D eigenvalue weighted by Crippen LogP contribution is 2.18. The number of carboxylic acids is 1. The molecule has 1 saturated heterocycles. The lowest BCUT2D eigenvalue weighted by Crippen LogP contribution is -2.46. The zero-order chi connectivity index (χ0) is 18.5. The first-order valence-corrected chi connectivity index (χ1v) is 7.98. The number of morpholine rings is 1. The number of amides is 1. The van der Waals surface area contributed by atoms with E-state index < -0.39 is 17.9 Å². The van der Waals surface area contributed by atoms with Crippen LogP contribution in [0, 0.1) is 5.82 Å². The van der Waals surface area contributed by atoms with Gasteiger partial charge in [0, 0.05) is 19.2 Å². The van der Waals surface area contributed by atoms with E-state index in [2.05, 4.69) is 5.16 Å². The van der Waals surface area contributed by atoms with Crippen LogP contribution in [-0.4, -0.2) is 52.8 Å². The minimum atomic E-state index is -0.988. The lowest BCUT2D eigenvalue weighted by atomic mass is 10.2. The lowest BCUT2D eigenvalue weighted by molar-refractivity contribution is -0.141. The number of aliphatic carboxylic acids is 1. The summed E-state index contributed by atoms with van der Waals surface area (Å²) in [7, 11) is 0. The van der Waals surface area contributed by atoms with Crippen molar-refractivity contribution in [1.82, 2.24) is 10.1 Å². The zero-order valence-corrected chi connectivity index (χ0v) is 13.8. The summed E-state index contributed by atoms with van der Waals surface area (Å²) in [6.07, 6.45) is -0.731. The fourth-order valence-corrected chi connectivity index (χ4v) is 2.58. The number of benzene rings is 1. The average molecular weight is 364 g/mol. The number of nitrogens with zero attached hydrogens (tertiary/aromatic N) is 2. The molecule has 1 unspecified atom stereocenters. The topological polar surface area (TPSA) is 102 Å². The second-order valence-corrected chi connectivity index (χ2v) is 5.74. The predicted molar refractivity (Wildman–Crippen MR) is 85.1 cm³/mol. The normalized spacial score (nSPS) is 17.1.